The third-order valence-electron chi connectivity index (χ3n) is 7.71. The highest BCUT2D eigenvalue weighted by Gasteiger charge is 2.26. The van der Waals surface area contributed by atoms with Gasteiger partial charge in [-0.2, -0.15) is 5.10 Å². The van der Waals surface area contributed by atoms with E-state index in [0.717, 1.165) is 84.7 Å². The van der Waals surface area contributed by atoms with E-state index in [9.17, 15) is 0 Å². The molecule has 0 atom stereocenters. The van der Waals surface area contributed by atoms with Crippen LogP contribution in [0, 0.1) is 0 Å². The largest absolute Gasteiger partial charge is 0.378 e. The highest BCUT2D eigenvalue weighted by molar-refractivity contribution is 5.90. The predicted octanol–water partition coefficient (Wildman–Crippen LogP) is 4.65. The van der Waals surface area contributed by atoms with E-state index in [1.165, 1.54) is 5.56 Å². The van der Waals surface area contributed by atoms with Gasteiger partial charge in [-0.05, 0) is 42.7 Å². The second-order valence-corrected chi connectivity index (χ2v) is 10.1. The summed E-state index contributed by atoms with van der Waals surface area (Å²) in [7, 11) is 0. The van der Waals surface area contributed by atoms with Gasteiger partial charge in [-0.25, -0.2) is 14.6 Å². The number of fused-ring (bicyclic) bond motifs is 2. The number of hydrogen-bond donors (Lipinski definition) is 1. The summed E-state index contributed by atoms with van der Waals surface area (Å²) in [6, 6.07) is 19.5. The Bertz CT molecular complexity index is 1510. The van der Waals surface area contributed by atoms with Crippen molar-refractivity contribution in [3.8, 4) is 11.4 Å². The molecule has 0 spiro atoms. The first-order chi connectivity index (χ1) is 18.3. The van der Waals surface area contributed by atoms with Crippen LogP contribution in [0.4, 0.5) is 5.82 Å². The smallest absolute Gasteiger partial charge is 0.164 e. The fourth-order valence-electron chi connectivity index (χ4n) is 5.68. The maximum Gasteiger partial charge on any atom is 0.164 e. The average molecular weight is 494 g/mol. The molecule has 0 unspecified atom stereocenters. The van der Waals surface area contributed by atoms with Crippen molar-refractivity contribution >= 4 is 27.8 Å². The first kappa shape index (κ1) is 22.4. The number of nitrogens with zero attached hydrogens (tertiary/aromatic N) is 6. The third-order valence-corrected chi connectivity index (χ3v) is 7.71. The molecule has 0 amide bonds. The Morgan fingerprint density at radius 1 is 0.919 bits per heavy atom. The summed E-state index contributed by atoms with van der Waals surface area (Å²) < 4.78 is 7.79. The van der Waals surface area contributed by atoms with Crippen LogP contribution in [0.1, 0.15) is 24.4 Å². The molecule has 5 aromatic rings. The van der Waals surface area contributed by atoms with Crippen molar-refractivity contribution in [2.45, 2.75) is 25.4 Å². The molecular formula is C29H31N7O. The molecule has 0 bridgehead atoms. The Balaban J connectivity index is 1.23. The number of hydrogen-bond acceptors (Lipinski definition) is 6. The zero-order valence-corrected chi connectivity index (χ0v) is 20.9. The fourth-order valence-corrected chi connectivity index (χ4v) is 5.68. The van der Waals surface area contributed by atoms with E-state index in [-0.39, 0.29) is 0 Å². The molecule has 2 saturated heterocycles. The van der Waals surface area contributed by atoms with E-state index in [1.54, 1.807) is 0 Å². The van der Waals surface area contributed by atoms with Crippen molar-refractivity contribution in [2.24, 2.45) is 0 Å². The number of nitrogens with one attached hydrogen (secondary N) is 1. The third kappa shape index (κ3) is 4.36. The molecule has 5 heterocycles. The average Bonchev–Trinajstić information content (AvgIpc) is 3.61. The fraction of sp³-hybridized carbons (Fsp3) is 0.345. The maximum atomic E-state index is 5.63. The van der Waals surface area contributed by atoms with Crippen LogP contribution in [-0.2, 0) is 11.3 Å². The van der Waals surface area contributed by atoms with Crippen LogP contribution in [0.15, 0.2) is 67.0 Å². The molecule has 3 aromatic heterocycles. The summed E-state index contributed by atoms with van der Waals surface area (Å²) in [6.45, 7) is 6.19. The van der Waals surface area contributed by atoms with Gasteiger partial charge >= 0.3 is 0 Å². The summed E-state index contributed by atoms with van der Waals surface area (Å²) in [5.41, 5.74) is 4.44. The number of anilines is 1. The topological polar surface area (TPSA) is 75.1 Å². The van der Waals surface area contributed by atoms with Crippen LogP contribution in [0.3, 0.4) is 0 Å². The van der Waals surface area contributed by atoms with E-state index in [2.05, 4.69) is 74.1 Å². The molecule has 37 heavy (non-hydrogen) atoms. The lowest BCUT2D eigenvalue weighted by atomic mass is 10.0. The van der Waals surface area contributed by atoms with E-state index in [4.69, 9.17) is 19.8 Å². The molecule has 2 aliphatic rings. The van der Waals surface area contributed by atoms with Crippen LogP contribution in [0.5, 0.6) is 0 Å². The molecule has 2 aromatic carbocycles. The number of benzene rings is 2. The van der Waals surface area contributed by atoms with Crippen molar-refractivity contribution in [1.82, 2.24) is 29.6 Å². The SMILES string of the molecule is c1ccc(CN2CCC(n3ncc4c(N5CCOCC5)nc(-c5ccc6[nH]ccc6c5)nc43)CC2)cc1. The summed E-state index contributed by atoms with van der Waals surface area (Å²) >= 11 is 0. The van der Waals surface area contributed by atoms with Crippen molar-refractivity contribution in [1.29, 1.82) is 0 Å². The summed E-state index contributed by atoms with van der Waals surface area (Å²) in [6.07, 6.45) is 6.06. The van der Waals surface area contributed by atoms with E-state index in [1.807, 2.05) is 12.4 Å². The lowest BCUT2D eigenvalue weighted by molar-refractivity contribution is 0.122. The monoisotopic (exact) mass is 493 g/mol. The number of likely N-dealkylation sites (tertiary alicyclic amines) is 1. The lowest BCUT2D eigenvalue weighted by Crippen LogP contribution is -2.37. The predicted molar refractivity (Wildman–Crippen MR) is 146 cm³/mol. The summed E-state index contributed by atoms with van der Waals surface area (Å²) in [5, 5.41) is 7.08. The second-order valence-electron chi connectivity index (χ2n) is 10.1. The molecular weight excluding hydrogens is 462 g/mol. The minimum atomic E-state index is 0.331. The van der Waals surface area contributed by atoms with Crippen LogP contribution < -0.4 is 4.90 Å². The highest BCUT2D eigenvalue weighted by Crippen LogP contribution is 2.33. The lowest BCUT2D eigenvalue weighted by Gasteiger charge is -2.32. The van der Waals surface area contributed by atoms with Crippen molar-refractivity contribution in [3.63, 3.8) is 0 Å². The second kappa shape index (κ2) is 9.61. The van der Waals surface area contributed by atoms with Crippen LogP contribution in [0.25, 0.3) is 33.3 Å². The number of piperidine rings is 1. The zero-order valence-electron chi connectivity index (χ0n) is 20.9. The van der Waals surface area contributed by atoms with Crippen LogP contribution in [0.2, 0.25) is 0 Å². The molecule has 8 heteroatoms. The Kier molecular flexibility index (Phi) is 5.83. The minimum absolute atomic E-state index is 0.331. The first-order valence-electron chi connectivity index (χ1n) is 13.2. The van der Waals surface area contributed by atoms with Gasteiger partial charge in [-0.3, -0.25) is 4.90 Å². The normalized spacial score (nSPS) is 17.7. The summed E-state index contributed by atoms with van der Waals surface area (Å²) in [5.74, 6) is 1.71. The molecule has 8 nitrogen and oxygen atoms in total. The van der Waals surface area contributed by atoms with Gasteiger partial charge in [0.25, 0.3) is 0 Å². The molecule has 0 aliphatic carbocycles. The number of aromatic nitrogens is 5. The number of H-pyrrole nitrogens is 1. The molecule has 2 fully saturated rings. The van der Waals surface area contributed by atoms with Gasteiger partial charge in [0.15, 0.2) is 11.5 Å². The standard InChI is InChI=1S/C29H31N7O/c1-2-4-21(5-3-1)20-34-12-9-24(10-13-34)36-29-25(19-31-36)28(35-14-16-37-17-15-35)32-27(33-29)23-6-7-26-22(18-23)8-11-30-26/h1-8,11,18-19,24,30H,9-10,12-17,20H2. The van der Waals surface area contributed by atoms with Gasteiger partial charge in [0, 0.05) is 55.4 Å². The number of rotatable bonds is 5. The maximum absolute atomic E-state index is 5.63. The van der Waals surface area contributed by atoms with Crippen LogP contribution in [-0.4, -0.2) is 69.0 Å². The Morgan fingerprint density at radius 3 is 2.59 bits per heavy atom. The number of ether oxygens (including phenoxy) is 1. The minimum Gasteiger partial charge on any atom is -0.378 e. The van der Waals surface area contributed by atoms with Crippen LogP contribution >= 0.6 is 0 Å². The Hall–Kier alpha value is -3.75. The van der Waals surface area contributed by atoms with Gasteiger partial charge < -0.3 is 14.6 Å². The molecule has 1 N–H and O–H groups in total. The Morgan fingerprint density at radius 2 is 1.76 bits per heavy atom. The number of aromatic amines is 1. The molecule has 0 saturated carbocycles. The summed E-state index contributed by atoms with van der Waals surface area (Å²) in [4.78, 5) is 18.4. The highest BCUT2D eigenvalue weighted by atomic mass is 16.5. The van der Waals surface area contributed by atoms with E-state index < -0.39 is 0 Å². The van der Waals surface area contributed by atoms with E-state index in [0.29, 0.717) is 19.3 Å². The number of morpholine rings is 1. The van der Waals surface area contributed by atoms with Gasteiger partial charge in [0.05, 0.1) is 30.8 Å². The van der Waals surface area contributed by atoms with Gasteiger partial charge in [-0.15, -0.1) is 0 Å². The van der Waals surface area contributed by atoms with Crippen molar-refractivity contribution in [2.75, 3.05) is 44.3 Å². The van der Waals surface area contributed by atoms with E-state index >= 15 is 0 Å². The van der Waals surface area contributed by atoms with Gasteiger partial charge in [-0.1, -0.05) is 30.3 Å². The first-order valence-corrected chi connectivity index (χ1v) is 13.2. The quantitative estimate of drug-likeness (QED) is 0.384. The molecule has 0 radical (unpaired) electrons. The Labute approximate surface area is 215 Å². The van der Waals surface area contributed by atoms with Gasteiger partial charge in [0.2, 0.25) is 0 Å². The zero-order chi connectivity index (χ0) is 24.6. The molecule has 2 aliphatic heterocycles. The molecule has 188 valence electrons. The van der Waals surface area contributed by atoms with Gasteiger partial charge in [0.1, 0.15) is 5.82 Å². The molecule has 7 rings (SSSR count). The van der Waals surface area contributed by atoms with Crippen molar-refractivity contribution in [3.05, 3.63) is 72.6 Å². The van der Waals surface area contributed by atoms with Crippen molar-refractivity contribution < 1.29 is 4.74 Å².